The molecule has 1 rings (SSSR count). The molecule has 0 saturated heterocycles. The molecule has 6 nitrogen and oxygen atoms in total. The summed E-state index contributed by atoms with van der Waals surface area (Å²) in [5.74, 6) is -1.37. The van der Waals surface area contributed by atoms with Crippen LogP contribution in [0.15, 0.2) is 30.3 Å². The van der Waals surface area contributed by atoms with Gasteiger partial charge in [0.15, 0.2) is 12.4 Å². The second-order valence-corrected chi connectivity index (χ2v) is 5.37. The van der Waals surface area contributed by atoms with E-state index in [1.807, 2.05) is 44.2 Å². The molecule has 126 valence electrons. The maximum atomic E-state index is 11.8. The van der Waals surface area contributed by atoms with Gasteiger partial charge in [0.1, 0.15) is 12.6 Å². The molecule has 0 aliphatic heterocycles. The number of benzene rings is 1. The summed E-state index contributed by atoms with van der Waals surface area (Å²) in [5.41, 5.74) is 6.57. The number of ether oxygens (including phenoxy) is 2. The summed E-state index contributed by atoms with van der Waals surface area (Å²) in [4.78, 5) is 34.5. The first-order valence-electron chi connectivity index (χ1n) is 7.58. The van der Waals surface area contributed by atoms with Gasteiger partial charge in [0.25, 0.3) is 0 Å². The normalized spacial score (nSPS) is 14.4. The molecule has 0 aliphatic carbocycles. The second kappa shape index (κ2) is 9.74. The van der Waals surface area contributed by atoms with Gasteiger partial charge in [0.2, 0.25) is 0 Å². The monoisotopic (exact) mass is 321 g/mol. The van der Waals surface area contributed by atoms with Crippen LogP contribution in [0.5, 0.6) is 0 Å². The van der Waals surface area contributed by atoms with Crippen molar-refractivity contribution in [2.75, 3.05) is 0 Å². The first kappa shape index (κ1) is 18.8. The first-order valence-corrected chi connectivity index (χ1v) is 7.58. The molecule has 0 aromatic heterocycles. The van der Waals surface area contributed by atoms with Crippen LogP contribution in [0.2, 0.25) is 0 Å². The minimum Gasteiger partial charge on any atom is -0.461 e. The van der Waals surface area contributed by atoms with Crippen LogP contribution >= 0.6 is 0 Å². The summed E-state index contributed by atoms with van der Waals surface area (Å²) in [7, 11) is 0. The molecule has 0 saturated carbocycles. The smallest absolute Gasteiger partial charge is 0.323 e. The van der Waals surface area contributed by atoms with Crippen LogP contribution in [0, 0.1) is 5.92 Å². The third kappa shape index (κ3) is 6.61. The maximum absolute atomic E-state index is 11.8. The topological polar surface area (TPSA) is 95.7 Å². The average molecular weight is 321 g/mol. The number of aldehydes is 1. The first-order chi connectivity index (χ1) is 11.0. The Bertz CT molecular complexity index is 517. The highest BCUT2D eigenvalue weighted by Gasteiger charge is 2.25. The summed E-state index contributed by atoms with van der Waals surface area (Å²) in [6, 6.07) is 8.33. The predicted molar refractivity (Wildman–Crippen MR) is 84.2 cm³/mol. The van der Waals surface area contributed by atoms with Gasteiger partial charge in [-0.2, -0.15) is 0 Å². The third-order valence-electron chi connectivity index (χ3n) is 3.56. The van der Waals surface area contributed by atoms with Crippen molar-refractivity contribution < 1.29 is 23.9 Å². The van der Waals surface area contributed by atoms with Crippen LogP contribution in [0.4, 0.5) is 0 Å². The largest absolute Gasteiger partial charge is 0.461 e. The van der Waals surface area contributed by atoms with E-state index in [2.05, 4.69) is 0 Å². The van der Waals surface area contributed by atoms with Crippen LogP contribution in [0.3, 0.4) is 0 Å². The summed E-state index contributed by atoms with van der Waals surface area (Å²) >= 11 is 0. The van der Waals surface area contributed by atoms with E-state index in [0.717, 1.165) is 5.56 Å². The molecular weight excluding hydrogens is 298 g/mol. The highest BCUT2D eigenvalue weighted by Crippen LogP contribution is 2.09. The Morgan fingerprint density at radius 2 is 1.91 bits per heavy atom. The Morgan fingerprint density at radius 3 is 2.48 bits per heavy atom. The summed E-state index contributed by atoms with van der Waals surface area (Å²) in [6.07, 6.45) is -0.387. The lowest BCUT2D eigenvalue weighted by molar-refractivity contribution is -0.159. The minimum atomic E-state index is -1.18. The van der Waals surface area contributed by atoms with Gasteiger partial charge in [-0.25, -0.2) is 0 Å². The molecule has 1 unspecified atom stereocenters. The van der Waals surface area contributed by atoms with Crippen molar-refractivity contribution in [2.45, 2.75) is 45.4 Å². The molecule has 0 spiro atoms. The molecule has 0 amide bonds. The molecular formula is C17H23NO5. The fourth-order valence-electron chi connectivity index (χ4n) is 1.79. The van der Waals surface area contributed by atoms with E-state index >= 15 is 0 Å². The van der Waals surface area contributed by atoms with Crippen LogP contribution in [-0.4, -0.2) is 30.4 Å². The minimum absolute atomic E-state index is 0.0696. The van der Waals surface area contributed by atoms with Gasteiger partial charge in [-0.1, -0.05) is 50.6 Å². The zero-order valence-electron chi connectivity index (χ0n) is 13.4. The van der Waals surface area contributed by atoms with Gasteiger partial charge in [-0.05, 0) is 11.5 Å². The van der Waals surface area contributed by atoms with E-state index in [1.165, 1.54) is 0 Å². The van der Waals surface area contributed by atoms with E-state index in [-0.39, 0.29) is 18.9 Å². The van der Waals surface area contributed by atoms with E-state index < -0.39 is 24.1 Å². The maximum Gasteiger partial charge on any atom is 0.323 e. The Labute approximate surface area is 135 Å². The Balaban J connectivity index is 2.44. The average Bonchev–Trinajstić information content (AvgIpc) is 2.58. The lowest BCUT2D eigenvalue weighted by atomic mass is 10.0. The van der Waals surface area contributed by atoms with Crippen LogP contribution < -0.4 is 5.73 Å². The van der Waals surface area contributed by atoms with Gasteiger partial charge >= 0.3 is 11.9 Å². The number of hydrogen-bond donors (Lipinski definition) is 1. The van der Waals surface area contributed by atoms with Crippen molar-refractivity contribution in [2.24, 2.45) is 11.7 Å². The molecule has 6 heteroatoms. The summed E-state index contributed by atoms with van der Waals surface area (Å²) in [5, 5.41) is 0. The van der Waals surface area contributed by atoms with Crippen LogP contribution in [0.25, 0.3) is 0 Å². The number of esters is 2. The number of carbonyl (C=O) groups excluding carboxylic acids is 3. The van der Waals surface area contributed by atoms with Crippen LogP contribution in [-0.2, 0) is 30.5 Å². The molecule has 0 fully saturated rings. The van der Waals surface area contributed by atoms with Gasteiger partial charge in [0.05, 0.1) is 6.42 Å². The molecule has 1 aromatic carbocycles. The van der Waals surface area contributed by atoms with Crippen molar-refractivity contribution in [1.82, 2.24) is 0 Å². The standard InChI is InChI=1S/C17H23NO5/c1-3-12(2)16(18)17(21)23-14(10-19)9-15(20)22-11-13-7-5-4-6-8-13/h4-8,10,12,14,16H,3,9,11,18H2,1-2H3/t12-,14?,16-/m0/s1. The lowest BCUT2D eigenvalue weighted by Crippen LogP contribution is -2.40. The Morgan fingerprint density at radius 1 is 1.26 bits per heavy atom. The highest BCUT2D eigenvalue weighted by atomic mass is 16.6. The summed E-state index contributed by atoms with van der Waals surface area (Å²) in [6.45, 7) is 3.82. The number of rotatable bonds is 9. The third-order valence-corrected chi connectivity index (χ3v) is 3.56. The van der Waals surface area contributed by atoms with Gasteiger partial charge in [-0.15, -0.1) is 0 Å². The summed E-state index contributed by atoms with van der Waals surface area (Å²) < 4.78 is 10.0. The Hall–Kier alpha value is -2.21. The second-order valence-electron chi connectivity index (χ2n) is 5.37. The van der Waals surface area contributed by atoms with E-state index in [1.54, 1.807) is 0 Å². The molecule has 0 heterocycles. The molecule has 1 aromatic rings. The molecule has 23 heavy (non-hydrogen) atoms. The molecule has 2 N–H and O–H groups in total. The fourth-order valence-corrected chi connectivity index (χ4v) is 1.79. The lowest BCUT2D eigenvalue weighted by Gasteiger charge is -2.19. The zero-order valence-corrected chi connectivity index (χ0v) is 13.4. The van der Waals surface area contributed by atoms with Gasteiger partial charge < -0.3 is 15.2 Å². The van der Waals surface area contributed by atoms with Crippen molar-refractivity contribution in [1.29, 1.82) is 0 Å². The van der Waals surface area contributed by atoms with E-state index in [0.29, 0.717) is 12.7 Å². The number of carbonyl (C=O) groups is 3. The SMILES string of the molecule is CC[C@H](C)[C@H](N)C(=O)OC(C=O)CC(=O)OCc1ccccc1. The molecule has 0 radical (unpaired) electrons. The van der Waals surface area contributed by atoms with E-state index in [4.69, 9.17) is 15.2 Å². The van der Waals surface area contributed by atoms with Gasteiger partial charge in [0, 0.05) is 0 Å². The van der Waals surface area contributed by atoms with Gasteiger partial charge in [-0.3, -0.25) is 14.4 Å². The molecule has 0 aliphatic rings. The van der Waals surface area contributed by atoms with E-state index in [9.17, 15) is 14.4 Å². The predicted octanol–water partition coefficient (Wildman–Crippen LogP) is 1.60. The molecule has 3 atom stereocenters. The number of nitrogens with two attached hydrogens (primary N) is 1. The Kier molecular flexibility index (Phi) is 7.97. The zero-order chi connectivity index (χ0) is 17.2. The van der Waals surface area contributed by atoms with Crippen molar-refractivity contribution >= 4 is 18.2 Å². The highest BCUT2D eigenvalue weighted by molar-refractivity contribution is 5.80. The van der Waals surface area contributed by atoms with Crippen molar-refractivity contribution in [3.8, 4) is 0 Å². The quantitative estimate of drug-likeness (QED) is 0.548. The number of hydrogen-bond acceptors (Lipinski definition) is 6. The van der Waals surface area contributed by atoms with Crippen molar-refractivity contribution in [3.05, 3.63) is 35.9 Å². The van der Waals surface area contributed by atoms with Crippen LogP contribution in [0.1, 0.15) is 32.3 Å². The molecule has 0 bridgehead atoms. The fraction of sp³-hybridized carbons (Fsp3) is 0.471. The van der Waals surface area contributed by atoms with Crippen molar-refractivity contribution in [3.63, 3.8) is 0 Å².